The lowest BCUT2D eigenvalue weighted by Crippen LogP contribution is -2.06. The second-order valence-electron chi connectivity index (χ2n) is 4.31. The number of nitrogens with two attached hydrogens (primary N) is 1. The molecule has 1 aromatic carbocycles. The van der Waals surface area contributed by atoms with E-state index in [1.807, 2.05) is 18.2 Å². The van der Waals surface area contributed by atoms with Gasteiger partial charge in [-0.1, -0.05) is 0 Å². The van der Waals surface area contributed by atoms with Crippen molar-refractivity contribution in [3.05, 3.63) is 46.9 Å². The molecule has 0 aliphatic carbocycles. The van der Waals surface area contributed by atoms with Crippen molar-refractivity contribution in [2.24, 2.45) is 0 Å². The molecule has 5 heteroatoms. The maximum Gasteiger partial charge on any atom is 0.137 e. The van der Waals surface area contributed by atoms with Crippen molar-refractivity contribution >= 4 is 33.7 Å². The summed E-state index contributed by atoms with van der Waals surface area (Å²) in [4.78, 5) is 8.53. The standard InChI is InChI=1S/C14H14N4S/c15-11-1-2-12-13(7-11)17-9-18-14(12)16-5-3-10-4-6-19-8-10/h1-2,4,6-9H,3,5,15H2,(H,16,17,18). The Kier molecular flexibility index (Phi) is 3.29. The number of anilines is 2. The number of thiophene rings is 1. The molecule has 0 saturated heterocycles. The fraction of sp³-hybridized carbons (Fsp3) is 0.143. The van der Waals surface area contributed by atoms with E-state index >= 15 is 0 Å². The fourth-order valence-corrected chi connectivity index (χ4v) is 2.68. The van der Waals surface area contributed by atoms with Gasteiger partial charge in [0.15, 0.2) is 0 Å². The average molecular weight is 270 g/mol. The van der Waals surface area contributed by atoms with Gasteiger partial charge in [-0.25, -0.2) is 9.97 Å². The van der Waals surface area contributed by atoms with E-state index in [2.05, 4.69) is 32.1 Å². The lowest BCUT2D eigenvalue weighted by molar-refractivity contribution is 1.01. The molecule has 0 spiro atoms. The van der Waals surface area contributed by atoms with Gasteiger partial charge in [0.2, 0.25) is 0 Å². The zero-order valence-electron chi connectivity index (χ0n) is 10.3. The van der Waals surface area contributed by atoms with Gasteiger partial charge in [0, 0.05) is 17.6 Å². The Labute approximate surface area is 115 Å². The van der Waals surface area contributed by atoms with Crippen LogP contribution in [0, 0.1) is 0 Å². The van der Waals surface area contributed by atoms with Gasteiger partial charge in [0.25, 0.3) is 0 Å². The second-order valence-corrected chi connectivity index (χ2v) is 5.09. The normalized spacial score (nSPS) is 10.7. The largest absolute Gasteiger partial charge is 0.399 e. The molecule has 0 fully saturated rings. The van der Waals surface area contributed by atoms with Crippen LogP contribution in [0.4, 0.5) is 11.5 Å². The van der Waals surface area contributed by atoms with Gasteiger partial charge in [0.1, 0.15) is 12.1 Å². The summed E-state index contributed by atoms with van der Waals surface area (Å²) >= 11 is 1.72. The molecule has 0 bridgehead atoms. The lowest BCUT2D eigenvalue weighted by Gasteiger charge is -2.08. The van der Waals surface area contributed by atoms with Gasteiger partial charge in [0.05, 0.1) is 5.52 Å². The number of nitrogens with zero attached hydrogens (tertiary/aromatic N) is 2. The summed E-state index contributed by atoms with van der Waals surface area (Å²) < 4.78 is 0. The third-order valence-electron chi connectivity index (χ3n) is 2.95. The summed E-state index contributed by atoms with van der Waals surface area (Å²) in [6.07, 6.45) is 2.55. The average Bonchev–Trinajstić information content (AvgIpc) is 2.92. The van der Waals surface area contributed by atoms with Gasteiger partial charge < -0.3 is 11.1 Å². The summed E-state index contributed by atoms with van der Waals surface area (Å²) in [5.74, 6) is 0.861. The van der Waals surface area contributed by atoms with Crippen molar-refractivity contribution in [3.8, 4) is 0 Å². The molecule has 96 valence electrons. The molecule has 0 amide bonds. The van der Waals surface area contributed by atoms with E-state index in [4.69, 9.17) is 5.73 Å². The lowest BCUT2D eigenvalue weighted by atomic mass is 10.2. The first-order valence-electron chi connectivity index (χ1n) is 6.08. The first kappa shape index (κ1) is 11.9. The number of fused-ring (bicyclic) bond motifs is 1. The predicted octanol–water partition coefficient (Wildman–Crippen LogP) is 2.93. The maximum atomic E-state index is 5.76. The number of hydrogen-bond donors (Lipinski definition) is 2. The van der Waals surface area contributed by atoms with Crippen molar-refractivity contribution in [1.29, 1.82) is 0 Å². The van der Waals surface area contributed by atoms with Gasteiger partial charge in [-0.2, -0.15) is 11.3 Å². The Morgan fingerprint density at radius 3 is 3.00 bits per heavy atom. The molecule has 4 nitrogen and oxygen atoms in total. The molecule has 3 rings (SSSR count). The molecule has 0 atom stereocenters. The highest BCUT2D eigenvalue weighted by atomic mass is 32.1. The Hall–Kier alpha value is -2.14. The van der Waals surface area contributed by atoms with Gasteiger partial charge in [-0.05, 0) is 47.0 Å². The first-order valence-corrected chi connectivity index (χ1v) is 7.02. The van der Waals surface area contributed by atoms with Crippen LogP contribution in [0.3, 0.4) is 0 Å². The number of nitrogens with one attached hydrogen (secondary N) is 1. The molecule has 0 aliphatic rings. The van der Waals surface area contributed by atoms with Crippen LogP contribution in [-0.4, -0.2) is 16.5 Å². The molecule has 3 N–H and O–H groups in total. The highest BCUT2D eigenvalue weighted by Crippen LogP contribution is 2.21. The van der Waals surface area contributed by atoms with Crippen LogP contribution in [0.5, 0.6) is 0 Å². The predicted molar refractivity (Wildman–Crippen MR) is 80.5 cm³/mol. The topological polar surface area (TPSA) is 63.8 Å². The van der Waals surface area contributed by atoms with E-state index in [0.29, 0.717) is 0 Å². The highest BCUT2D eigenvalue weighted by molar-refractivity contribution is 7.07. The second kappa shape index (κ2) is 5.24. The van der Waals surface area contributed by atoms with E-state index < -0.39 is 0 Å². The molecular weight excluding hydrogens is 256 g/mol. The minimum atomic E-state index is 0.718. The summed E-state index contributed by atoms with van der Waals surface area (Å²) in [5.41, 5.74) is 8.69. The van der Waals surface area contributed by atoms with Crippen LogP contribution < -0.4 is 11.1 Å². The van der Waals surface area contributed by atoms with Gasteiger partial charge in [-0.3, -0.25) is 0 Å². The molecule has 2 heterocycles. The Bertz CT molecular complexity index is 679. The number of hydrogen-bond acceptors (Lipinski definition) is 5. The zero-order chi connectivity index (χ0) is 13.1. The molecule has 0 aliphatic heterocycles. The van der Waals surface area contributed by atoms with Crippen molar-refractivity contribution in [2.45, 2.75) is 6.42 Å². The van der Waals surface area contributed by atoms with Crippen molar-refractivity contribution in [2.75, 3.05) is 17.6 Å². The van der Waals surface area contributed by atoms with E-state index in [1.165, 1.54) is 5.56 Å². The molecule has 3 aromatic rings. The third kappa shape index (κ3) is 2.66. The van der Waals surface area contributed by atoms with Crippen molar-refractivity contribution in [1.82, 2.24) is 9.97 Å². The maximum absolute atomic E-state index is 5.76. The van der Waals surface area contributed by atoms with Crippen LogP contribution in [0.25, 0.3) is 10.9 Å². The fourth-order valence-electron chi connectivity index (χ4n) is 1.98. The van der Waals surface area contributed by atoms with Crippen LogP contribution in [0.2, 0.25) is 0 Å². The number of benzene rings is 1. The first-order chi connectivity index (χ1) is 9.33. The van der Waals surface area contributed by atoms with Crippen LogP contribution >= 0.6 is 11.3 Å². The summed E-state index contributed by atoms with van der Waals surface area (Å²) in [6, 6.07) is 7.83. The van der Waals surface area contributed by atoms with E-state index in [-0.39, 0.29) is 0 Å². The number of rotatable bonds is 4. The van der Waals surface area contributed by atoms with Gasteiger partial charge in [-0.15, -0.1) is 0 Å². The van der Waals surface area contributed by atoms with Crippen molar-refractivity contribution in [3.63, 3.8) is 0 Å². The SMILES string of the molecule is Nc1ccc2c(NCCc3ccsc3)ncnc2c1. The minimum Gasteiger partial charge on any atom is -0.399 e. The van der Waals surface area contributed by atoms with E-state index in [0.717, 1.165) is 35.4 Å². The molecule has 19 heavy (non-hydrogen) atoms. The molecule has 0 radical (unpaired) electrons. The molecule has 2 aromatic heterocycles. The van der Waals surface area contributed by atoms with Gasteiger partial charge >= 0.3 is 0 Å². The van der Waals surface area contributed by atoms with Crippen molar-refractivity contribution < 1.29 is 0 Å². The minimum absolute atomic E-state index is 0.718. The quantitative estimate of drug-likeness (QED) is 0.715. The number of aromatic nitrogens is 2. The third-order valence-corrected chi connectivity index (χ3v) is 3.68. The van der Waals surface area contributed by atoms with Crippen LogP contribution in [0.1, 0.15) is 5.56 Å². The van der Waals surface area contributed by atoms with E-state index in [1.54, 1.807) is 17.7 Å². The summed E-state index contributed by atoms with van der Waals surface area (Å²) in [6.45, 7) is 0.854. The zero-order valence-corrected chi connectivity index (χ0v) is 11.2. The molecule has 0 saturated carbocycles. The van der Waals surface area contributed by atoms with E-state index in [9.17, 15) is 0 Å². The highest BCUT2D eigenvalue weighted by Gasteiger charge is 2.03. The van der Waals surface area contributed by atoms with Crippen LogP contribution in [0.15, 0.2) is 41.4 Å². The number of nitrogen functional groups attached to an aromatic ring is 1. The Balaban J connectivity index is 1.77. The smallest absolute Gasteiger partial charge is 0.137 e. The summed E-state index contributed by atoms with van der Waals surface area (Å²) in [7, 11) is 0. The monoisotopic (exact) mass is 270 g/mol. The summed E-state index contributed by atoms with van der Waals surface area (Å²) in [5, 5.41) is 8.62. The van der Waals surface area contributed by atoms with Crippen LogP contribution in [-0.2, 0) is 6.42 Å². The Morgan fingerprint density at radius 1 is 1.21 bits per heavy atom. The Morgan fingerprint density at radius 2 is 2.16 bits per heavy atom. The molecular formula is C14H14N4S. The molecule has 0 unspecified atom stereocenters.